The quantitative estimate of drug-likeness (QED) is 0.443. The Bertz CT molecular complexity index is 892. The lowest BCUT2D eigenvalue weighted by molar-refractivity contribution is -0.347. The van der Waals surface area contributed by atoms with Crippen LogP contribution < -0.4 is 10.6 Å². The highest BCUT2D eigenvalue weighted by atomic mass is 32.2. The minimum Gasteiger partial charge on any atom is -0.353 e. The van der Waals surface area contributed by atoms with Crippen molar-refractivity contribution >= 4 is 21.7 Å². The Hall–Kier alpha value is -1.36. The third-order valence-corrected chi connectivity index (χ3v) is 11.1. The zero-order valence-electron chi connectivity index (χ0n) is 21.4. The molecule has 0 aromatic rings. The molecule has 0 radical (unpaired) electrons. The number of sulfone groups is 1. The molecule has 4 rings (SSSR count). The zero-order valence-corrected chi connectivity index (χ0v) is 22.3. The van der Waals surface area contributed by atoms with E-state index >= 15 is 0 Å². The average molecular weight is 551 g/mol. The van der Waals surface area contributed by atoms with Gasteiger partial charge in [0.15, 0.2) is 9.84 Å². The maximum Gasteiger partial charge on any atom is 0.522 e. The molecular weight excluding hydrogens is 509 g/mol. The minimum absolute atomic E-state index is 0.0113. The van der Waals surface area contributed by atoms with Crippen LogP contribution in [-0.4, -0.2) is 55.8 Å². The highest BCUT2D eigenvalue weighted by Crippen LogP contribution is 2.36. The highest BCUT2D eigenvalue weighted by Gasteiger charge is 2.40. The molecule has 4 aliphatic rings. The summed E-state index contributed by atoms with van der Waals surface area (Å²) in [5, 5.41) is 5.63. The second-order valence-corrected chi connectivity index (χ2v) is 14.1. The van der Waals surface area contributed by atoms with E-state index in [9.17, 15) is 31.2 Å². The molecule has 0 aromatic carbocycles. The van der Waals surface area contributed by atoms with Crippen LogP contribution in [0, 0.1) is 17.8 Å². The Kier molecular flexibility index (Phi) is 9.46. The van der Waals surface area contributed by atoms with Gasteiger partial charge in [0.25, 0.3) is 0 Å². The lowest BCUT2D eigenvalue weighted by Gasteiger charge is -2.35. The van der Waals surface area contributed by atoms with E-state index in [0.717, 1.165) is 32.1 Å². The van der Waals surface area contributed by atoms with Crippen LogP contribution in [0.1, 0.15) is 96.3 Å². The molecule has 2 atom stereocenters. The van der Waals surface area contributed by atoms with Gasteiger partial charge in [-0.15, -0.1) is 13.2 Å². The van der Waals surface area contributed by atoms with Crippen LogP contribution in [0.15, 0.2) is 0 Å². The van der Waals surface area contributed by atoms with Gasteiger partial charge in [0, 0.05) is 18.4 Å². The summed E-state index contributed by atoms with van der Waals surface area (Å²) < 4.78 is 67.4. The molecule has 2 N–H and O–H groups in total. The van der Waals surface area contributed by atoms with Gasteiger partial charge in [-0.3, -0.25) is 14.3 Å². The maximum absolute atomic E-state index is 12.8. The van der Waals surface area contributed by atoms with E-state index in [1.165, 1.54) is 0 Å². The largest absolute Gasteiger partial charge is 0.522 e. The number of carbonyl (C=O) groups excluding carboxylic acids is 2. The van der Waals surface area contributed by atoms with Crippen molar-refractivity contribution in [2.24, 2.45) is 17.8 Å². The maximum atomic E-state index is 12.8. The van der Waals surface area contributed by atoms with E-state index in [1.807, 2.05) is 0 Å². The second kappa shape index (κ2) is 12.2. The second-order valence-electron chi connectivity index (χ2n) is 11.7. The smallest absolute Gasteiger partial charge is 0.353 e. The van der Waals surface area contributed by atoms with Crippen molar-refractivity contribution in [3.63, 3.8) is 0 Å². The fraction of sp³-hybridized carbons (Fsp3) is 0.923. The van der Waals surface area contributed by atoms with Crippen molar-refractivity contribution in [1.82, 2.24) is 10.6 Å². The molecule has 0 bridgehead atoms. The van der Waals surface area contributed by atoms with Crippen LogP contribution in [0.25, 0.3) is 0 Å². The Morgan fingerprint density at radius 2 is 1.41 bits per heavy atom. The van der Waals surface area contributed by atoms with Crippen LogP contribution in [-0.2, 0) is 24.2 Å². The van der Waals surface area contributed by atoms with Crippen molar-refractivity contribution in [1.29, 1.82) is 0 Å². The molecule has 37 heavy (non-hydrogen) atoms. The summed E-state index contributed by atoms with van der Waals surface area (Å²) >= 11 is 0. The van der Waals surface area contributed by atoms with Gasteiger partial charge in [-0.1, -0.05) is 12.8 Å². The predicted octanol–water partition coefficient (Wildman–Crippen LogP) is 4.40. The third-order valence-electron chi connectivity index (χ3n) is 8.72. The van der Waals surface area contributed by atoms with Crippen LogP contribution >= 0.6 is 0 Å². The van der Waals surface area contributed by atoms with E-state index < -0.39 is 28.3 Å². The van der Waals surface area contributed by atoms with Gasteiger partial charge in [-0.05, 0) is 88.9 Å². The molecular formula is C26H41F3N2O5S. The van der Waals surface area contributed by atoms with Crippen LogP contribution in [0.5, 0.6) is 0 Å². The van der Waals surface area contributed by atoms with Gasteiger partial charge < -0.3 is 10.6 Å². The summed E-state index contributed by atoms with van der Waals surface area (Å²) in [5.41, 5.74) is 0. The summed E-state index contributed by atoms with van der Waals surface area (Å²) in [4.78, 5) is 25.4. The van der Waals surface area contributed by atoms with Crippen molar-refractivity contribution in [3.05, 3.63) is 0 Å². The van der Waals surface area contributed by atoms with Crippen molar-refractivity contribution in [3.8, 4) is 0 Å². The minimum atomic E-state index is -4.71. The summed E-state index contributed by atoms with van der Waals surface area (Å²) in [6.45, 7) is 0. The Labute approximate surface area is 217 Å². The van der Waals surface area contributed by atoms with E-state index in [2.05, 4.69) is 15.4 Å². The van der Waals surface area contributed by atoms with E-state index in [4.69, 9.17) is 0 Å². The number of alkyl halides is 3. The van der Waals surface area contributed by atoms with Crippen LogP contribution in [0.4, 0.5) is 13.2 Å². The molecule has 4 saturated carbocycles. The fourth-order valence-electron chi connectivity index (χ4n) is 6.37. The van der Waals surface area contributed by atoms with Crippen LogP contribution in [0.3, 0.4) is 0 Å². The Morgan fingerprint density at radius 1 is 0.784 bits per heavy atom. The first-order valence-electron chi connectivity index (χ1n) is 14.0. The molecule has 0 spiro atoms. The lowest BCUT2D eigenvalue weighted by Crippen LogP contribution is -2.50. The van der Waals surface area contributed by atoms with Gasteiger partial charge in [-0.2, -0.15) is 0 Å². The molecule has 0 saturated heterocycles. The molecule has 4 fully saturated rings. The SMILES string of the molecule is O=C(CC1CCC(S(=O)(=O)CC2CC2)CC1)NC1CCC(C(=O)NC2CCCCC2OC(F)(F)F)CC1. The van der Waals surface area contributed by atoms with Crippen molar-refractivity contribution in [2.75, 3.05) is 5.75 Å². The topological polar surface area (TPSA) is 102 Å². The molecule has 2 amide bonds. The number of hydrogen-bond acceptors (Lipinski definition) is 5. The molecule has 0 heterocycles. The number of carbonyl (C=O) groups is 2. The Morgan fingerprint density at radius 3 is 2.03 bits per heavy atom. The zero-order chi connectivity index (χ0) is 26.6. The molecule has 0 aromatic heterocycles. The molecule has 4 aliphatic carbocycles. The number of amides is 2. The monoisotopic (exact) mass is 550 g/mol. The van der Waals surface area contributed by atoms with Gasteiger partial charge >= 0.3 is 6.36 Å². The van der Waals surface area contributed by atoms with E-state index in [0.29, 0.717) is 69.5 Å². The number of hydrogen-bond donors (Lipinski definition) is 2. The first-order chi connectivity index (χ1) is 17.5. The van der Waals surface area contributed by atoms with E-state index in [1.54, 1.807) is 0 Å². The fourth-order valence-corrected chi connectivity index (χ4v) is 8.62. The molecule has 11 heteroatoms. The standard InChI is InChI=1S/C26H41F3N2O5S/c27-26(28,29)36-23-4-2-1-3-22(23)31-25(33)19-9-11-20(12-10-19)30-24(32)15-17-7-13-21(14-8-17)37(34,35)16-18-5-6-18/h17-23H,1-16H2,(H,30,32)(H,31,33). The van der Waals surface area contributed by atoms with Gasteiger partial charge in [0.1, 0.15) is 0 Å². The molecule has 2 unspecified atom stereocenters. The molecule has 0 aliphatic heterocycles. The van der Waals surface area contributed by atoms with Crippen LogP contribution in [0.2, 0.25) is 0 Å². The van der Waals surface area contributed by atoms with Gasteiger partial charge in [0.2, 0.25) is 11.8 Å². The summed E-state index contributed by atoms with van der Waals surface area (Å²) in [6, 6.07) is -0.637. The summed E-state index contributed by atoms with van der Waals surface area (Å²) in [5.74, 6) is 0.382. The Balaban J connectivity index is 1.14. The molecule has 212 valence electrons. The van der Waals surface area contributed by atoms with Gasteiger partial charge in [-0.25, -0.2) is 8.42 Å². The first kappa shape index (κ1) is 28.6. The highest BCUT2D eigenvalue weighted by molar-refractivity contribution is 7.92. The first-order valence-corrected chi connectivity index (χ1v) is 15.8. The van der Waals surface area contributed by atoms with E-state index in [-0.39, 0.29) is 41.4 Å². The number of ether oxygens (including phenoxy) is 1. The number of nitrogens with one attached hydrogen (secondary N) is 2. The predicted molar refractivity (Wildman–Crippen MR) is 132 cm³/mol. The third kappa shape index (κ3) is 8.83. The molecule has 7 nitrogen and oxygen atoms in total. The van der Waals surface area contributed by atoms with Gasteiger partial charge in [0.05, 0.1) is 23.1 Å². The summed E-state index contributed by atoms with van der Waals surface area (Å²) in [7, 11) is -3.02. The average Bonchev–Trinajstić information content (AvgIpc) is 3.63. The normalized spacial score (nSPS) is 33.5. The lowest BCUT2D eigenvalue weighted by atomic mass is 9.84. The number of halogens is 3. The van der Waals surface area contributed by atoms with Crippen molar-refractivity contribution < 1.29 is 35.9 Å². The van der Waals surface area contributed by atoms with Crippen molar-refractivity contribution in [2.45, 2.75) is 126 Å². The number of rotatable bonds is 9. The summed E-state index contributed by atoms with van der Waals surface area (Å²) in [6.07, 6.45) is 4.15.